The third-order valence-electron chi connectivity index (χ3n) is 3.47. The zero-order valence-electron chi connectivity index (χ0n) is 12.7. The van der Waals surface area contributed by atoms with Gasteiger partial charge in [-0.15, -0.1) is 0 Å². The average Bonchev–Trinajstić information content (AvgIpc) is 2.88. The van der Waals surface area contributed by atoms with Gasteiger partial charge in [0.2, 0.25) is 0 Å². The van der Waals surface area contributed by atoms with Gasteiger partial charge in [-0.3, -0.25) is 10.1 Å². The predicted molar refractivity (Wildman–Crippen MR) is 86.8 cm³/mol. The Bertz CT molecular complexity index is 837. The minimum absolute atomic E-state index is 0.180. The number of amides is 2. The number of urea groups is 1. The number of hydrogen-bond donors (Lipinski definition) is 2. The molecule has 0 aliphatic rings. The zero-order chi connectivity index (χ0) is 15.7. The summed E-state index contributed by atoms with van der Waals surface area (Å²) in [6.07, 6.45) is 3.41. The highest BCUT2D eigenvalue weighted by atomic mass is 16.2. The Morgan fingerprint density at radius 1 is 1.18 bits per heavy atom. The summed E-state index contributed by atoms with van der Waals surface area (Å²) < 4.78 is 0. The largest absolute Gasteiger partial charge is 0.331 e. The summed E-state index contributed by atoms with van der Waals surface area (Å²) >= 11 is 0. The summed E-state index contributed by atoms with van der Waals surface area (Å²) in [4.78, 5) is 17.4. The first-order valence-corrected chi connectivity index (χ1v) is 6.93. The smallest absolute Gasteiger partial charge is 0.321 e. The minimum atomic E-state index is -0.180. The number of aromatic amines is 1. The number of benzene rings is 1. The SMILES string of the molecule is Cc1[nH]nc2ccc(-c3cncc(NC(=O)N(C)C)c3)cc12. The second kappa shape index (κ2) is 5.48. The molecule has 2 heterocycles. The van der Waals surface area contributed by atoms with Crippen LogP contribution in [0.4, 0.5) is 10.5 Å². The van der Waals surface area contributed by atoms with Crippen molar-refractivity contribution in [3.63, 3.8) is 0 Å². The van der Waals surface area contributed by atoms with Crippen LogP contribution in [0.1, 0.15) is 5.69 Å². The maximum Gasteiger partial charge on any atom is 0.321 e. The van der Waals surface area contributed by atoms with Crippen molar-refractivity contribution in [2.75, 3.05) is 19.4 Å². The van der Waals surface area contributed by atoms with Gasteiger partial charge in [-0.25, -0.2) is 4.79 Å². The van der Waals surface area contributed by atoms with Gasteiger partial charge in [-0.1, -0.05) is 6.07 Å². The van der Waals surface area contributed by atoms with Crippen molar-refractivity contribution < 1.29 is 4.79 Å². The van der Waals surface area contributed by atoms with Crippen molar-refractivity contribution in [1.29, 1.82) is 0 Å². The van der Waals surface area contributed by atoms with Crippen LogP contribution < -0.4 is 5.32 Å². The van der Waals surface area contributed by atoms with Crippen molar-refractivity contribution in [3.05, 3.63) is 42.4 Å². The Kier molecular flexibility index (Phi) is 3.50. The van der Waals surface area contributed by atoms with Gasteiger partial charge in [0, 0.05) is 36.9 Å². The number of carbonyl (C=O) groups excluding carboxylic acids is 1. The summed E-state index contributed by atoms with van der Waals surface area (Å²) in [6.45, 7) is 1.99. The maximum atomic E-state index is 11.7. The van der Waals surface area contributed by atoms with Crippen LogP contribution >= 0.6 is 0 Å². The Labute approximate surface area is 128 Å². The fraction of sp³-hybridized carbons (Fsp3) is 0.188. The highest BCUT2D eigenvalue weighted by Gasteiger charge is 2.08. The molecule has 0 bridgehead atoms. The molecular formula is C16H17N5O. The number of anilines is 1. The molecule has 0 aliphatic heterocycles. The van der Waals surface area contributed by atoms with Crippen molar-refractivity contribution in [3.8, 4) is 11.1 Å². The van der Waals surface area contributed by atoms with Crippen molar-refractivity contribution in [1.82, 2.24) is 20.1 Å². The van der Waals surface area contributed by atoms with Gasteiger partial charge >= 0.3 is 6.03 Å². The summed E-state index contributed by atoms with van der Waals surface area (Å²) in [5.74, 6) is 0. The summed E-state index contributed by atoms with van der Waals surface area (Å²) in [6, 6.07) is 7.77. The number of nitrogens with zero attached hydrogens (tertiary/aromatic N) is 3. The Morgan fingerprint density at radius 3 is 2.77 bits per heavy atom. The van der Waals surface area contributed by atoms with E-state index in [2.05, 4.69) is 26.6 Å². The molecule has 22 heavy (non-hydrogen) atoms. The molecule has 0 aliphatic carbocycles. The lowest BCUT2D eigenvalue weighted by Crippen LogP contribution is -2.27. The zero-order valence-corrected chi connectivity index (χ0v) is 12.7. The average molecular weight is 295 g/mol. The van der Waals surface area contributed by atoms with E-state index < -0.39 is 0 Å². The third-order valence-corrected chi connectivity index (χ3v) is 3.47. The number of nitrogens with one attached hydrogen (secondary N) is 2. The molecule has 6 heteroatoms. The van der Waals surface area contributed by atoms with Gasteiger partial charge in [0.25, 0.3) is 0 Å². The fourth-order valence-corrected chi connectivity index (χ4v) is 2.22. The molecule has 2 N–H and O–H groups in total. The van der Waals surface area contributed by atoms with Crippen molar-refractivity contribution in [2.45, 2.75) is 6.92 Å². The number of rotatable bonds is 2. The molecule has 6 nitrogen and oxygen atoms in total. The van der Waals surface area contributed by atoms with Crippen LogP contribution in [0.25, 0.3) is 22.0 Å². The molecule has 0 radical (unpaired) electrons. The second-order valence-corrected chi connectivity index (χ2v) is 5.37. The van der Waals surface area contributed by atoms with Crippen molar-refractivity contribution in [2.24, 2.45) is 0 Å². The van der Waals surface area contributed by atoms with E-state index in [-0.39, 0.29) is 6.03 Å². The highest BCUT2D eigenvalue weighted by Crippen LogP contribution is 2.26. The summed E-state index contributed by atoms with van der Waals surface area (Å²) in [5, 5.41) is 11.1. The van der Waals surface area contributed by atoms with E-state index in [9.17, 15) is 4.79 Å². The van der Waals surface area contributed by atoms with Crippen LogP contribution in [-0.2, 0) is 0 Å². The van der Waals surface area contributed by atoms with Gasteiger partial charge in [0.15, 0.2) is 0 Å². The normalized spacial score (nSPS) is 10.7. The molecule has 112 valence electrons. The number of carbonyl (C=O) groups is 1. The first-order valence-electron chi connectivity index (χ1n) is 6.93. The molecule has 0 spiro atoms. The van der Waals surface area contributed by atoms with E-state index in [4.69, 9.17) is 0 Å². The van der Waals surface area contributed by atoms with E-state index in [1.54, 1.807) is 26.5 Å². The van der Waals surface area contributed by atoms with Crippen LogP contribution in [0, 0.1) is 6.92 Å². The lowest BCUT2D eigenvalue weighted by atomic mass is 10.0. The van der Waals surface area contributed by atoms with Gasteiger partial charge in [-0.05, 0) is 30.7 Å². The van der Waals surface area contributed by atoms with Crippen LogP contribution in [-0.4, -0.2) is 40.2 Å². The standard InChI is InChI=1S/C16H17N5O/c1-10-14-7-11(4-5-15(14)20-19-10)12-6-13(9-17-8-12)18-16(22)21(2)3/h4-9H,1-3H3,(H,18,22)(H,19,20). The first kappa shape index (κ1) is 14.1. The van der Waals surface area contributed by atoms with Gasteiger partial charge in [-0.2, -0.15) is 5.10 Å². The number of H-pyrrole nitrogens is 1. The first-order chi connectivity index (χ1) is 10.5. The van der Waals surface area contributed by atoms with Crippen LogP contribution in [0.3, 0.4) is 0 Å². The third kappa shape index (κ3) is 2.63. The quantitative estimate of drug-likeness (QED) is 0.763. The second-order valence-electron chi connectivity index (χ2n) is 5.37. The van der Waals surface area contributed by atoms with Crippen LogP contribution in [0.15, 0.2) is 36.7 Å². The molecule has 0 saturated heterocycles. The highest BCUT2D eigenvalue weighted by molar-refractivity contribution is 5.90. The molecule has 0 fully saturated rings. The van der Waals surface area contributed by atoms with E-state index >= 15 is 0 Å². The van der Waals surface area contributed by atoms with E-state index in [1.807, 2.05) is 25.1 Å². The molecular weight excluding hydrogens is 278 g/mol. The van der Waals surface area contributed by atoms with E-state index in [0.717, 1.165) is 27.7 Å². The number of aryl methyl sites for hydroxylation is 1. The fourth-order valence-electron chi connectivity index (χ4n) is 2.22. The number of pyridine rings is 1. The minimum Gasteiger partial charge on any atom is -0.331 e. The topological polar surface area (TPSA) is 73.9 Å². The summed E-state index contributed by atoms with van der Waals surface area (Å²) in [7, 11) is 3.39. The van der Waals surface area contributed by atoms with E-state index in [1.165, 1.54) is 4.90 Å². The molecule has 0 atom stereocenters. The lowest BCUT2D eigenvalue weighted by Gasteiger charge is -2.12. The Hall–Kier alpha value is -2.89. The number of aromatic nitrogens is 3. The van der Waals surface area contributed by atoms with Crippen LogP contribution in [0.5, 0.6) is 0 Å². The predicted octanol–water partition coefficient (Wildman–Crippen LogP) is 3.03. The maximum absolute atomic E-state index is 11.7. The molecule has 1 aromatic carbocycles. The van der Waals surface area contributed by atoms with Crippen molar-refractivity contribution >= 4 is 22.6 Å². The van der Waals surface area contributed by atoms with Crippen LogP contribution in [0.2, 0.25) is 0 Å². The molecule has 0 saturated carbocycles. The molecule has 2 aromatic heterocycles. The Balaban J connectivity index is 1.96. The molecule has 3 rings (SSSR count). The van der Waals surface area contributed by atoms with Gasteiger partial charge in [0.05, 0.1) is 17.4 Å². The number of hydrogen-bond acceptors (Lipinski definition) is 3. The molecule has 3 aromatic rings. The van der Waals surface area contributed by atoms with Gasteiger partial charge < -0.3 is 10.2 Å². The number of fused-ring (bicyclic) bond motifs is 1. The van der Waals surface area contributed by atoms with E-state index in [0.29, 0.717) is 5.69 Å². The lowest BCUT2D eigenvalue weighted by molar-refractivity contribution is 0.230. The Morgan fingerprint density at radius 2 is 2.00 bits per heavy atom. The molecule has 0 unspecified atom stereocenters. The molecule has 2 amide bonds. The summed E-state index contributed by atoms with van der Waals surface area (Å²) in [5.41, 5.74) is 4.61. The van der Waals surface area contributed by atoms with Gasteiger partial charge in [0.1, 0.15) is 0 Å². The monoisotopic (exact) mass is 295 g/mol.